The predicted octanol–water partition coefficient (Wildman–Crippen LogP) is 2.63. The van der Waals surface area contributed by atoms with E-state index in [1.54, 1.807) is 10.7 Å². The topological polar surface area (TPSA) is 77.1 Å². The summed E-state index contributed by atoms with van der Waals surface area (Å²) in [6, 6.07) is 1.93. The molecule has 0 atom stereocenters. The van der Waals surface area contributed by atoms with Crippen molar-refractivity contribution in [2.45, 2.75) is 40.7 Å². The van der Waals surface area contributed by atoms with Crippen LogP contribution in [0.15, 0.2) is 12.3 Å². The van der Waals surface area contributed by atoms with E-state index in [2.05, 4.69) is 20.5 Å². The van der Waals surface area contributed by atoms with Crippen LogP contribution in [0, 0.1) is 27.7 Å². The highest BCUT2D eigenvalue weighted by atomic mass is 35.5. The average molecular weight is 361 g/mol. The third-order valence-corrected chi connectivity index (χ3v) is 4.70. The Kier molecular flexibility index (Phi) is 4.76. The third-order valence-electron chi connectivity index (χ3n) is 4.15. The van der Waals surface area contributed by atoms with Crippen molar-refractivity contribution >= 4 is 23.2 Å². The number of aromatic nitrogens is 5. The summed E-state index contributed by atoms with van der Waals surface area (Å²) < 4.78 is 3.55. The van der Waals surface area contributed by atoms with E-state index in [-0.39, 0.29) is 5.91 Å². The Morgan fingerprint density at radius 3 is 2.72 bits per heavy atom. The van der Waals surface area contributed by atoms with Gasteiger partial charge in [0.1, 0.15) is 5.56 Å². The van der Waals surface area contributed by atoms with Crippen LogP contribution in [0.5, 0.6) is 0 Å². The van der Waals surface area contributed by atoms with E-state index in [9.17, 15) is 4.79 Å². The molecule has 3 heterocycles. The minimum absolute atomic E-state index is 0.168. The van der Waals surface area contributed by atoms with Gasteiger partial charge in [0, 0.05) is 24.5 Å². The minimum atomic E-state index is -0.168. The van der Waals surface area contributed by atoms with Gasteiger partial charge >= 0.3 is 0 Å². The molecule has 1 N–H and O–H groups in total. The summed E-state index contributed by atoms with van der Waals surface area (Å²) in [5.74, 6) is -0.168. The summed E-state index contributed by atoms with van der Waals surface area (Å²) in [6.07, 6.45) is 2.32. The first-order valence-electron chi connectivity index (χ1n) is 8.18. The van der Waals surface area contributed by atoms with Crippen molar-refractivity contribution in [3.63, 3.8) is 0 Å². The first-order valence-corrected chi connectivity index (χ1v) is 8.56. The Morgan fingerprint density at radius 2 is 2.04 bits per heavy atom. The predicted molar refractivity (Wildman–Crippen MR) is 96.1 cm³/mol. The first-order chi connectivity index (χ1) is 11.9. The molecule has 0 unspecified atom stereocenters. The lowest BCUT2D eigenvalue weighted by molar-refractivity contribution is 0.0954. The highest BCUT2D eigenvalue weighted by Gasteiger charge is 2.15. The number of rotatable bonds is 5. The second-order valence-corrected chi connectivity index (χ2v) is 6.53. The fourth-order valence-corrected chi connectivity index (χ4v) is 2.98. The van der Waals surface area contributed by atoms with Crippen LogP contribution in [-0.2, 0) is 6.54 Å². The number of carbonyl (C=O) groups excluding carboxylic acids is 1. The van der Waals surface area contributed by atoms with E-state index in [1.165, 1.54) is 0 Å². The van der Waals surface area contributed by atoms with E-state index in [0.29, 0.717) is 29.3 Å². The average Bonchev–Trinajstić information content (AvgIpc) is 3.09. The van der Waals surface area contributed by atoms with Gasteiger partial charge in [-0.2, -0.15) is 10.2 Å². The van der Waals surface area contributed by atoms with Crippen LogP contribution in [0.1, 0.15) is 39.6 Å². The second kappa shape index (κ2) is 6.84. The van der Waals surface area contributed by atoms with Gasteiger partial charge in [0.15, 0.2) is 5.65 Å². The second-order valence-electron chi connectivity index (χ2n) is 6.15. The van der Waals surface area contributed by atoms with Crippen LogP contribution in [-0.4, -0.2) is 36.8 Å². The van der Waals surface area contributed by atoms with E-state index in [0.717, 1.165) is 29.2 Å². The molecule has 0 aliphatic heterocycles. The smallest absolute Gasteiger partial charge is 0.256 e. The number of carbonyl (C=O) groups is 1. The lowest BCUT2D eigenvalue weighted by Crippen LogP contribution is -2.25. The normalized spacial score (nSPS) is 11.2. The van der Waals surface area contributed by atoms with Crippen molar-refractivity contribution in [1.29, 1.82) is 0 Å². The Bertz CT molecular complexity index is 942. The van der Waals surface area contributed by atoms with Gasteiger partial charge < -0.3 is 5.32 Å². The van der Waals surface area contributed by atoms with Crippen molar-refractivity contribution in [3.05, 3.63) is 45.6 Å². The molecule has 3 rings (SSSR count). The van der Waals surface area contributed by atoms with Gasteiger partial charge in [-0.1, -0.05) is 11.6 Å². The van der Waals surface area contributed by atoms with Gasteiger partial charge in [0.05, 0.1) is 22.6 Å². The monoisotopic (exact) mass is 360 g/mol. The molecule has 132 valence electrons. The third kappa shape index (κ3) is 3.37. The highest BCUT2D eigenvalue weighted by molar-refractivity contribution is 6.31. The zero-order valence-corrected chi connectivity index (χ0v) is 15.6. The van der Waals surface area contributed by atoms with Crippen molar-refractivity contribution in [2.24, 2.45) is 0 Å². The van der Waals surface area contributed by atoms with Gasteiger partial charge in [0.2, 0.25) is 0 Å². The lowest BCUT2D eigenvalue weighted by Gasteiger charge is -2.06. The zero-order chi connectivity index (χ0) is 18.1. The molecule has 3 aromatic rings. The number of hydrogen-bond acceptors (Lipinski definition) is 4. The lowest BCUT2D eigenvalue weighted by atomic mass is 10.3. The molecule has 0 spiro atoms. The molecule has 8 heteroatoms. The van der Waals surface area contributed by atoms with Gasteiger partial charge in [-0.05, 0) is 40.2 Å². The maximum absolute atomic E-state index is 12.4. The molecule has 0 saturated heterocycles. The molecule has 0 saturated carbocycles. The van der Waals surface area contributed by atoms with Crippen LogP contribution in [0.2, 0.25) is 5.02 Å². The van der Waals surface area contributed by atoms with Crippen molar-refractivity contribution in [3.8, 4) is 0 Å². The number of halogens is 1. The minimum Gasteiger partial charge on any atom is -0.352 e. The Hall–Kier alpha value is -2.41. The molecular formula is C17H21ClN6O. The molecular weight excluding hydrogens is 340 g/mol. The molecule has 0 fully saturated rings. The van der Waals surface area contributed by atoms with E-state index in [4.69, 9.17) is 11.6 Å². The molecule has 0 bridgehead atoms. The molecule has 0 aliphatic carbocycles. The number of nitrogens with one attached hydrogen (secondary N) is 1. The fraction of sp³-hybridized carbons (Fsp3) is 0.412. The summed E-state index contributed by atoms with van der Waals surface area (Å²) in [5, 5.41) is 12.3. The first kappa shape index (κ1) is 17.4. The maximum Gasteiger partial charge on any atom is 0.256 e. The quantitative estimate of drug-likeness (QED) is 0.709. The number of hydrogen-bond donors (Lipinski definition) is 1. The summed E-state index contributed by atoms with van der Waals surface area (Å²) in [7, 11) is 0. The number of fused-ring (bicyclic) bond motifs is 1. The molecule has 1 amide bonds. The van der Waals surface area contributed by atoms with Gasteiger partial charge in [-0.15, -0.1) is 0 Å². The maximum atomic E-state index is 12.4. The van der Waals surface area contributed by atoms with E-state index < -0.39 is 0 Å². The standard InChI is InChI=1S/C17H21ClN6O/c1-10-8-11(2)24-16(21-10)14(9-20-24)17(25)19-6-5-7-23-13(4)15(18)12(3)22-23/h8-9H,5-7H2,1-4H3,(H,19,25). The van der Waals surface area contributed by atoms with Gasteiger partial charge in [-0.3, -0.25) is 9.48 Å². The molecule has 0 radical (unpaired) electrons. The van der Waals surface area contributed by atoms with Crippen LogP contribution < -0.4 is 5.32 Å². The van der Waals surface area contributed by atoms with Crippen LogP contribution in [0.4, 0.5) is 0 Å². The van der Waals surface area contributed by atoms with Crippen LogP contribution in [0.3, 0.4) is 0 Å². The van der Waals surface area contributed by atoms with E-state index >= 15 is 0 Å². The summed E-state index contributed by atoms with van der Waals surface area (Å²) in [6.45, 7) is 8.91. The molecule has 25 heavy (non-hydrogen) atoms. The van der Waals surface area contributed by atoms with Crippen molar-refractivity contribution in [1.82, 2.24) is 29.7 Å². The van der Waals surface area contributed by atoms with Crippen LogP contribution >= 0.6 is 11.6 Å². The Balaban J connectivity index is 1.62. The fourth-order valence-electron chi connectivity index (χ4n) is 2.85. The van der Waals surface area contributed by atoms with Crippen molar-refractivity contribution in [2.75, 3.05) is 6.54 Å². The molecule has 3 aromatic heterocycles. The largest absolute Gasteiger partial charge is 0.352 e. The summed E-state index contributed by atoms with van der Waals surface area (Å²) in [4.78, 5) is 16.9. The molecule has 7 nitrogen and oxygen atoms in total. The summed E-state index contributed by atoms with van der Waals surface area (Å²) >= 11 is 6.14. The SMILES string of the molecule is Cc1cc(C)n2ncc(C(=O)NCCCn3nc(C)c(Cl)c3C)c2n1. The van der Waals surface area contributed by atoms with Crippen LogP contribution in [0.25, 0.3) is 5.65 Å². The Morgan fingerprint density at radius 1 is 1.28 bits per heavy atom. The number of aryl methyl sites for hydroxylation is 4. The highest BCUT2D eigenvalue weighted by Crippen LogP contribution is 2.19. The Labute approximate surface area is 151 Å². The molecule has 0 aromatic carbocycles. The zero-order valence-electron chi connectivity index (χ0n) is 14.8. The van der Waals surface area contributed by atoms with Crippen molar-refractivity contribution < 1.29 is 4.79 Å². The number of amides is 1. The van der Waals surface area contributed by atoms with Gasteiger partial charge in [-0.25, -0.2) is 9.50 Å². The molecule has 0 aliphatic rings. The van der Waals surface area contributed by atoms with Gasteiger partial charge in [0.25, 0.3) is 5.91 Å². The number of nitrogens with zero attached hydrogens (tertiary/aromatic N) is 5. The van der Waals surface area contributed by atoms with E-state index in [1.807, 2.05) is 38.4 Å². The summed E-state index contributed by atoms with van der Waals surface area (Å²) in [5.41, 5.74) is 4.65.